The summed E-state index contributed by atoms with van der Waals surface area (Å²) in [7, 11) is 2.07. The van der Waals surface area contributed by atoms with Gasteiger partial charge in [-0.2, -0.15) is 0 Å². The van der Waals surface area contributed by atoms with Gasteiger partial charge in [-0.25, -0.2) is 4.79 Å². The molecule has 0 radical (unpaired) electrons. The van der Waals surface area contributed by atoms with Crippen molar-refractivity contribution in [2.24, 2.45) is 0 Å². The van der Waals surface area contributed by atoms with Crippen molar-refractivity contribution >= 4 is 34.9 Å². The average molecular weight is 365 g/mol. The molecule has 0 spiro atoms. The minimum absolute atomic E-state index is 0.157. The van der Waals surface area contributed by atoms with E-state index in [1.54, 1.807) is 36.9 Å². The van der Waals surface area contributed by atoms with Crippen LogP contribution in [0.3, 0.4) is 0 Å². The Morgan fingerprint density at radius 3 is 2.44 bits per heavy atom. The number of nitrogens with one attached hydrogen (secondary N) is 1. The first-order chi connectivity index (χ1) is 11.6. The molecule has 7 heteroatoms. The van der Waals surface area contributed by atoms with Crippen LogP contribution in [0.2, 0.25) is 5.02 Å². The first-order valence-electron chi connectivity index (χ1n) is 8.55. The van der Waals surface area contributed by atoms with Crippen molar-refractivity contribution in [3.8, 4) is 0 Å². The van der Waals surface area contributed by atoms with Gasteiger partial charge in [-0.05, 0) is 52.9 Å². The summed E-state index contributed by atoms with van der Waals surface area (Å²) in [6, 6.07) is 5.54. The molecule has 1 aromatic carbocycles. The second-order valence-electron chi connectivity index (χ2n) is 7.56. The quantitative estimate of drug-likeness (QED) is 0.769. The first kappa shape index (κ1) is 18.0. The number of anilines is 2. The maximum absolute atomic E-state index is 13.4. The highest BCUT2D eigenvalue weighted by Gasteiger charge is 2.46. The number of hydrogen-bond donors (Lipinski definition) is 1. The van der Waals surface area contributed by atoms with Crippen LogP contribution >= 0.6 is 11.6 Å². The Morgan fingerprint density at radius 2 is 1.84 bits per heavy atom. The molecule has 1 saturated heterocycles. The Balaban J connectivity index is 2.00. The number of nitrogens with zero attached hydrogens (tertiary/aromatic N) is 3. The fourth-order valence-corrected chi connectivity index (χ4v) is 3.68. The Bertz CT molecular complexity index is 709. The van der Waals surface area contributed by atoms with E-state index in [1.165, 1.54) is 0 Å². The molecule has 25 heavy (non-hydrogen) atoms. The lowest BCUT2D eigenvalue weighted by atomic mass is 9.96. The Morgan fingerprint density at radius 1 is 1.24 bits per heavy atom. The van der Waals surface area contributed by atoms with Crippen molar-refractivity contribution in [1.29, 1.82) is 0 Å². The van der Waals surface area contributed by atoms with E-state index in [4.69, 9.17) is 11.6 Å². The van der Waals surface area contributed by atoms with Gasteiger partial charge in [-0.1, -0.05) is 11.6 Å². The van der Waals surface area contributed by atoms with Gasteiger partial charge in [0.1, 0.15) is 5.54 Å². The SMILES string of the molecule is C[C@@H]1CN(C(=O)N2c3cc(Cl)ccc3NC(=O)C2(C)C)C[C@H](C)N1C. The van der Waals surface area contributed by atoms with Crippen molar-refractivity contribution in [2.75, 3.05) is 30.4 Å². The minimum atomic E-state index is -0.995. The molecule has 1 N–H and O–H groups in total. The molecule has 6 nitrogen and oxygen atoms in total. The van der Waals surface area contributed by atoms with Crippen LogP contribution in [0.5, 0.6) is 0 Å². The summed E-state index contributed by atoms with van der Waals surface area (Å²) < 4.78 is 0. The van der Waals surface area contributed by atoms with Crippen molar-refractivity contribution in [3.05, 3.63) is 23.2 Å². The van der Waals surface area contributed by atoms with Gasteiger partial charge in [0.15, 0.2) is 0 Å². The molecule has 0 saturated carbocycles. The molecular weight excluding hydrogens is 340 g/mol. The number of halogens is 1. The summed E-state index contributed by atoms with van der Waals surface area (Å²) in [5.74, 6) is -0.203. The number of hydrogen-bond acceptors (Lipinski definition) is 3. The van der Waals surface area contributed by atoms with E-state index in [0.717, 1.165) is 0 Å². The largest absolute Gasteiger partial charge is 0.325 e. The molecule has 1 aromatic rings. The molecule has 3 rings (SSSR count). The summed E-state index contributed by atoms with van der Waals surface area (Å²) in [6.45, 7) is 8.98. The molecular formula is C18H25ClN4O2. The van der Waals surface area contributed by atoms with E-state index in [1.807, 2.05) is 4.90 Å². The van der Waals surface area contributed by atoms with Gasteiger partial charge < -0.3 is 10.2 Å². The lowest BCUT2D eigenvalue weighted by molar-refractivity contribution is -0.120. The molecule has 0 aliphatic carbocycles. The normalized spacial score (nSPS) is 26.2. The predicted molar refractivity (Wildman–Crippen MR) is 100 cm³/mol. The van der Waals surface area contributed by atoms with Crippen LogP contribution in [-0.4, -0.2) is 59.5 Å². The topological polar surface area (TPSA) is 55.9 Å². The number of carbonyl (C=O) groups excluding carboxylic acids is 2. The summed E-state index contributed by atoms with van der Waals surface area (Å²) in [6.07, 6.45) is 0. The van der Waals surface area contributed by atoms with Crippen molar-refractivity contribution < 1.29 is 9.59 Å². The fraction of sp³-hybridized carbons (Fsp3) is 0.556. The third-order valence-corrected chi connectivity index (χ3v) is 5.62. The number of carbonyl (C=O) groups is 2. The number of benzene rings is 1. The molecule has 3 amide bonds. The third-order valence-electron chi connectivity index (χ3n) is 5.39. The van der Waals surface area contributed by atoms with Gasteiger partial charge in [-0.3, -0.25) is 14.6 Å². The van der Waals surface area contributed by atoms with Crippen LogP contribution in [0.1, 0.15) is 27.7 Å². The number of urea groups is 1. The second kappa shape index (κ2) is 6.18. The lowest BCUT2D eigenvalue weighted by Gasteiger charge is -2.48. The highest BCUT2D eigenvalue weighted by molar-refractivity contribution is 6.31. The molecule has 1 fully saturated rings. The molecule has 2 aliphatic rings. The number of fused-ring (bicyclic) bond motifs is 1. The average Bonchev–Trinajstić information content (AvgIpc) is 2.53. The van der Waals surface area contributed by atoms with Gasteiger partial charge >= 0.3 is 6.03 Å². The summed E-state index contributed by atoms with van der Waals surface area (Å²) >= 11 is 6.16. The zero-order chi connectivity index (χ0) is 18.5. The molecule has 0 unspecified atom stereocenters. The highest BCUT2D eigenvalue weighted by atomic mass is 35.5. The van der Waals surface area contributed by atoms with Crippen LogP contribution < -0.4 is 10.2 Å². The Hall–Kier alpha value is -1.79. The maximum atomic E-state index is 13.4. The zero-order valence-electron chi connectivity index (χ0n) is 15.3. The zero-order valence-corrected chi connectivity index (χ0v) is 16.1. The summed E-state index contributed by atoms with van der Waals surface area (Å²) in [5, 5.41) is 3.40. The highest BCUT2D eigenvalue weighted by Crippen LogP contribution is 2.39. The monoisotopic (exact) mass is 364 g/mol. The smallest absolute Gasteiger partial charge is 0.322 e. The Labute approximate surface area is 153 Å². The van der Waals surface area contributed by atoms with Crippen LogP contribution in [0.4, 0.5) is 16.2 Å². The number of rotatable bonds is 0. The molecule has 0 aromatic heterocycles. The molecule has 2 atom stereocenters. The van der Waals surface area contributed by atoms with Gasteiger partial charge in [0.2, 0.25) is 5.91 Å². The number of piperazine rings is 1. The van der Waals surface area contributed by atoms with Crippen LogP contribution in [0.25, 0.3) is 0 Å². The second-order valence-corrected chi connectivity index (χ2v) is 8.00. The molecule has 136 valence electrons. The van der Waals surface area contributed by atoms with E-state index in [9.17, 15) is 9.59 Å². The van der Waals surface area contributed by atoms with E-state index >= 15 is 0 Å². The van der Waals surface area contributed by atoms with Crippen LogP contribution in [0, 0.1) is 0 Å². The summed E-state index contributed by atoms with van der Waals surface area (Å²) in [5.41, 5.74) is 0.253. The van der Waals surface area contributed by atoms with Gasteiger partial charge in [0.25, 0.3) is 0 Å². The number of amides is 3. The van der Waals surface area contributed by atoms with Crippen molar-refractivity contribution in [3.63, 3.8) is 0 Å². The van der Waals surface area contributed by atoms with E-state index in [0.29, 0.717) is 29.5 Å². The Kier molecular flexibility index (Phi) is 4.45. The minimum Gasteiger partial charge on any atom is -0.322 e. The number of likely N-dealkylation sites (N-methyl/N-ethyl adjacent to an activating group) is 1. The lowest BCUT2D eigenvalue weighted by Crippen LogP contribution is -2.65. The summed E-state index contributed by atoms with van der Waals surface area (Å²) in [4.78, 5) is 31.7. The van der Waals surface area contributed by atoms with Gasteiger partial charge in [0, 0.05) is 30.2 Å². The fourth-order valence-electron chi connectivity index (χ4n) is 3.52. The third kappa shape index (κ3) is 2.98. The first-order valence-corrected chi connectivity index (χ1v) is 8.92. The van der Waals surface area contributed by atoms with E-state index in [2.05, 4.69) is 31.1 Å². The van der Waals surface area contributed by atoms with Crippen LogP contribution in [0.15, 0.2) is 18.2 Å². The molecule has 2 aliphatic heterocycles. The van der Waals surface area contributed by atoms with E-state index in [-0.39, 0.29) is 24.0 Å². The van der Waals surface area contributed by atoms with Gasteiger partial charge in [-0.15, -0.1) is 0 Å². The predicted octanol–water partition coefficient (Wildman–Crippen LogP) is 3.02. The maximum Gasteiger partial charge on any atom is 0.325 e. The van der Waals surface area contributed by atoms with Crippen molar-refractivity contribution in [1.82, 2.24) is 9.80 Å². The molecule has 0 bridgehead atoms. The van der Waals surface area contributed by atoms with Gasteiger partial charge in [0.05, 0.1) is 11.4 Å². The van der Waals surface area contributed by atoms with Crippen LogP contribution in [-0.2, 0) is 4.79 Å². The standard InChI is InChI=1S/C18H25ClN4O2/c1-11-9-22(10-12(2)21(11)5)17(25)23-15-8-13(19)6-7-14(15)20-16(24)18(23,3)4/h6-8,11-12H,9-10H2,1-5H3,(H,20,24)/t11-,12+. The molecule has 2 heterocycles. The van der Waals surface area contributed by atoms with E-state index < -0.39 is 5.54 Å². The van der Waals surface area contributed by atoms with Crippen molar-refractivity contribution in [2.45, 2.75) is 45.3 Å².